The van der Waals surface area contributed by atoms with Crippen molar-refractivity contribution in [2.45, 2.75) is 25.9 Å². The van der Waals surface area contributed by atoms with E-state index in [1.807, 2.05) is 12.1 Å². The zero-order valence-corrected chi connectivity index (χ0v) is 14.4. The molecule has 0 spiro atoms. The minimum Gasteiger partial charge on any atom is -0.492 e. The molecule has 0 atom stereocenters. The van der Waals surface area contributed by atoms with E-state index in [4.69, 9.17) is 4.74 Å². The molecular weight excluding hydrogens is 367 g/mol. The van der Waals surface area contributed by atoms with E-state index in [-0.39, 0.29) is 24.1 Å². The van der Waals surface area contributed by atoms with Crippen molar-refractivity contribution in [2.24, 2.45) is 5.92 Å². The smallest absolute Gasteiger partial charge is 0.441 e. The summed E-state index contributed by atoms with van der Waals surface area (Å²) >= 11 is 3.32. The Bertz CT molecular complexity index is 441. The molecule has 0 saturated heterocycles. The highest BCUT2D eigenvalue weighted by Crippen LogP contribution is 2.30. The third-order valence-electron chi connectivity index (χ3n) is 2.50. The Hall–Kier alpha value is -0.400. The van der Waals surface area contributed by atoms with Gasteiger partial charge < -0.3 is 10.1 Å². The second-order valence-electron chi connectivity index (χ2n) is 4.92. The summed E-state index contributed by atoms with van der Waals surface area (Å²) in [5.41, 5.74) is -3.27. The molecule has 7 heteroatoms. The number of benzene rings is 1. The largest absolute Gasteiger partial charge is 0.492 e. The normalized spacial score (nSPS) is 12.0. The van der Waals surface area contributed by atoms with Gasteiger partial charge in [0, 0.05) is 22.3 Å². The Balaban J connectivity index is 2.52. The molecule has 0 fully saturated rings. The zero-order valence-electron chi connectivity index (χ0n) is 12.0. The number of halogens is 4. The Kier molecular flexibility index (Phi) is 7.90. The number of rotatable bonds is 8. The van der Waals surface area contributed by atoms with Crippen LogP contribution in [0.5, 0.6) is 5.75 Å². The van der Waals surface area contributed by atoms with Gasteiger partial charge in [-0.25, -0.2) is 0 Å². The van der Waals surface area contributed by atoms with Crippen molar-refractivity contribution >= 4 is 27.7 Å². The Morgan fingerprint density at radius 1 is 1.33 bits per heavy atom. The summed E-state index contributed by atoms with van der Waals surface area (Å²) in [5.74, 6) is 1.04. The van der Waals surface area contributed by atoms with Gasteiger partial charge in [0.25, 0.3) is 0 Å². The first-order valence-corrected chi connectivity index (χ1v) is 8.38. The summed E-state index contributed by atoms with van der Waals surface area (Å²) in [6.45, 7) is 5.75. The van der Waals surface area contributed by atoms with Crippen LogP contribution in [0, 0.1) is 5.92 Å². The maximum Gasteiger partial charge on any atom is 0.441 e. The lowest BCUT2D eigenvalue weighted by atomic mass is 10.2. The summed E-state index contributed by atoms with van der Waals surface area (Å²) < 4.78 is 42.5. The lowest BCUT2D eigenvalue weighted by Gasteiger charge is -2.14. The van der Waals surface area contributed by atoms with E-state index in [9.17, 15) is 13.2 Å². The van der Waals surface area contributed by atoms with Crippen LogP contribution in [0.3, 0.4) is 0 Å². The van der Waals surface area contributed by atoms with Gasteiger partial charge in [0.15, 0.2) is 0 Å². The van der Waals surface area contributed by atoms with Crippen LogP contribution in [-0.4, -0.2) is 24.4 Å². The molecule has 0 amide bonds. The highest BCUT2D eigenvalue weighted by molar-refractivity contribution is 9.10. The van der Waals surface area contributed by atoms with E-state index in [0.29, 0.717) is 18.2 Å². The third-order valence-corrected chi connectivity index (χ3v) is 3.69. The molecule has 0 unspecified atom stereocenters. The fraction of sp³-hybridized carbons (Fsp3) is 0.571. The number of hydrogen-bond acceptors (Lipinski definition) is 3. The topological polar surface area (TPSA) is 21.3 Å². The quantitative estimate of drug-likeness (QED) is 0.647. The first kappa shape index (κ1) is 18.6. The van der Waals surface area contributed by atoms with Crippen molar-refractivity contribution in [3.63, 3.8) is 0 Å². The third kappa shape index (κ3) is 8.58. The van der Waals surface area contributed by atoms with Crippen molar-refractivity contribution in [1.82, 2.24) is 5.32 Å². The maximum absolute atomic E-state index is 12.0. The fourth-order valence-electron chi connectivity index (χ4n) is 1.63. The highest BCUT2D eigenvalue weighted by Gasteiger charge is 2.27. The predicted octanol–water partition coefficient (Wildman–Crippen LogP) is 4.83. The second kappa shape index (κ2) is 8.90. The first-order chi connectivity index (χ1) is 9.78. The Labute approximate surface area is 136 Å². The van der Waals surface area contributed by atoms with Gasteiger partial charge in [-0.05, 0) is 42.4 Å². The van der Waals surface area contributed by atoms with Crippen LogP contribution >= 0.6 is 27.7 Å². The minimum absolute atomic E-state index is 0.0307. The van der Waals surface area contributed by atoms with E-state index in [0.717, 1.165) is 16.6 Å². The predicted molar refractivity (Wildman–Crippen MR) is 84.7 cm³/mol. The standard InChI is InChI=1S/C14H19BrF3NOS/c1-10(2)8-19-9-11-7-12(15)3-4-13(11)20-5-6-21-14(16,17)18/h3-4,7,10,19H,5-6,8-9H2,1-2H3. The van der Waals surface area contributed by atoms with Crippen molar-refractivity contribution in [3.05, 3.63) is 28.2 Å². The average molecular weight is 386 g/mol. The summed E-state index contributed by atoms with van der Waals surface area (Å²) in [6, 6.07) is 5.51. The van der Waals surface area contributed by atoms with E-state index in [1.165, 1.54) is 0 Å². The van der Waals surface area contributed by atoms with E-state index in [1.54, 1.807) is 6.07 Å². The second-order valence-corrected chi connectivity index (χ2v) is 6.99. The molecule has 0 aromatic heterocycles. The van der Waals surface area contributed by atoms with Gasteiger partial charge in [0.05, 0.1) is 6.61 Å². The fourth-order valence-corrected chi connectivity index (χ4v) is 2.44. The number of nitrogens with one attached hydrogen (secondary N) is 1. The first-order valence-electron chi connectivity index (χ1n) is 6.60. The molecule has 0 aliphatic carbocycles. The Morgan fingerprint density at radius 2 is 2.05 bits per heavy atom. The van der Waals surface area contributed by atoms with Crippen LogP contribution in [0.2, 0.25) is 0 Å². The number of ether oxygens (including phenoxy) is 1. The van der Waals surface area contributed by atoms with Crippen LogP contribution in [0.15, 0.2) is 22.7 Å². The van der Waals surface area contributed by atoms with Crippen molar-refractivity contribution in [3.8, 4) is 5.75 Å². The number of hydrogen-bond donors (Lipinski definition) is 1. The number of alkyl halides is 3. The molecule has 1 aromatic carbocycles. The summed E-state index contributed by atoms with van der Waals surface area (Å²) in [4.78, 5) is 0. The van der Waals surface area contributed by atoms with Gasteiger partial charge in [-0.1, -0.05) is 29.8 Å². The molecule has 120 valence electrons. The molecule has 0 saturated carbocycles. The van der Waals surface area contributed by atoms with Crippen molar-refractivity contribution in [2.75, 3.05) is 18.9 Å². The molecular formula is C14H19BrF3NOS. The van der Waals surface area contributed by atoms with Crippen LogP contribution in [0.1, 0.15) is 19.4 Å². The van der Waals surface area contributed by atoms with E-state index in [2.05, 4.69) is 35.1 Å². The average Bonchev–Trinajstić information content (AvgIpc) is 2.35. The van der Waals surface area contributed by atoms with Crippen LogP contribution < -0.4 is 10.1 Å². The summed E-state index contributed by atoms with van der Waals surface area (Å²) in [7, 11) is 0. The molecule has 0 bridgehead atoms. The van der Waals surface area contributed by atoms with Crippen LogP contribution in [-0.2, 0) is 6.54 Å². The lowest BCUT2D eigenvalue weighted by Crippen LogP contribution is -2.19. The number of thioether (sulfide) groups is 1. The zero-order chi connectivity index (χ0) is 15.9. The monoisotopic (exact) mass is 385 g/mol. The van der Waals surface area contributed by atoms with Gasteiger partial charge in [0.1, 0.15) is 5.75 Å². The SMILES string of the molecule is CC(C)CNCc1cc(Br)ccc1OCCSC(F)(F)F. The molecule has 1 rings (SSSR count). The summed E-state index contributed by atoms with van der Waals surface area (Å²) in [6.07, 6.45) is 0. The van der Waals surface area contributed by atoms with Crippen LogP contribution in [0.4, 0.5) is 13.2 Å². The van der Waals surface area contributed by atoms with Gasteiger partial charge in [-0.3, -0.25) is 0 Å². The molecule has 0 heterocycles. The van der Waals surface area contributed by atoms with E-state index < -0.39 is 5.51 Å². The van der Waals surface area contributed by atoms with Crippen LogP contribution in [0.25, 0.3) is 0 Å². The molecule has 0 aliphatic rings. The van der Waals surface area contributed by atoms with Gasteiger partial charge in [-0.15, -0.1) is 0 Å². The van der Waals surface area contributed by atoms with Gasteiger partial charge in [-0.2, -0.15) is 13.2 Å². The van der Waals surface area contributed by atoms with E-state index >= 15 is 0 Å². The molecule has 2 nitrogen and oxygen atoms in total. The molecule has 0 aliphatic heterocycles. The van der Waals surface area contributed by atoms with Gasteiger partial charge in [0.2, 0.25) is 0 Å². The molecule has 21 heavy (non-hydrogen) atoms. The molecule has 1 N–H and O–H groups in total. The highest BCUT2D eigenvalue weighted by atomic mass is 79.9. The molecule has 0 radical (unpaired) electrons. The maximum atomic E-state index is 12.0. The summed E-state index contributed by atoms with van der Waals surface area (Å²) in [5, 5.41) is 3.30. The Morgan fingerprint density at radius 3 is 2.67 bits per heavy atom. The van der Waals surface area contributed by atoms with Crippen molar-refractivity contribution in [1.29, 1.82) is 0 Å². The minimum atomic E-state index is -4.20. The molecule has 1 aromatic rings. The lowest BCUT2D eigenvalue weighted by molar-refractivity contribution is -0.0329. The van der Waals surface area contributed by atoms with Gasteiger partial charge >= 0.3 is 5.51 Å². The van der Waals surface area contributed by atoms with Crippen molar-refractivity contribution < 1.29 is 17.9 Å².